The second-order valence-corrected chi connectivity index (χ2v) is 15.5. The molecule has 318 valence electrons. The van der Waals surface area contributed by atoms with Crippen LogP contribution in [0.1, 0.15) is 199 Å². The maximum atomic E-state index is 13.0. The molecule has 0 saturated heterocycles. The van der Waals surface area contributed by atoms with Crippen LogP contribution >= 0.6 is 0 Å². The Labute approximate surface area is 341 Å². The predicted octanol–water partition coefficient (Wildman–Crippen LogP) is 11.8. The first kappa shape index (κ1) is 47.5. The van der Waals surface area contributed by atoms with Crippen LogP contribution in [-0.4, -0.2) is 35.1 Å². The Morgan fingerprint density at radius 2 is 0.947 bits per heavy atom. The number of hydrogen-bond donors (Lipinski definition) is 1. The molecule has 2 aromatic rings. The normalized spacial score (nSPS) is 14.7. The van der Waals surface area contributed by atoms with Crippen molar-refractivity contribution in [1.82, 2.24) is 0 Å². The van der Waals surface area contributed by atoms with E-state index in [0.29, 0.717) is 42.6 Å². The summed E-state index contributed by atoms with van der Waals surface area (Å²) >= 11 is 0. The molecule has 2 aromatic carbocycles. The largest absolute Gasteiger partial charge is 0.482 e. The number of hydrogen-bond acceptors (Lipinski definition) is 10. The van der Waals surface area contributed by atoms with Crippen molar-refractivity contribution in [3.05, 3.63) is 41.5 Å². The zero-order chi connectivity index (χ0) is 41.3. The first-order valence-electron chi connectivity index (χ1n) is 22.2. The van der Waals surface area contributed by atoms with Gasteiger partial charge in [0.1, 0.15) is 23.4 Å². The molecule has 0 aliphatic carbocycles. The summed E-state index contributed by atoms with van der Waals surface area (Å²) in [6.07, 6.45) is 18.6. The third-order valence-electron chi connectivity index (χ3n) is 10.3. The van der Waals surface area contributed by atoms with Gasteiger partial charge in [0.15, 0.2) is 11.5 Å². The number of benzene rings is 2. The zero-order valence-corrected chi connectivity index (χ0v) is 35.3. The lowest BCUT2D eigenvalue weighted by Gasteiger charge is -2.32. The summed E-state index contributed by atoms with van der Waals surface area (Å²) in [4.78, 5) is 51.7. The first-order valence-corrected chi connectivity index (χ1v) is 22.2. The van der Waals surface area contributed by atoms with E-state index in [2.05, 4.69) is 27.7 Å². The lowest BCUT2D eigenvalue weighted by atomic mass is 9.93. The van der Waals surface area contributed by atoms with Crippen molar-refractivity contribution in [2.75, 3.05) is 0 Å². The Bertz CT molecular complexity index is 1520. The fourth-order valence-corrected chi connectivity index (χ4v) is 6.93. The number of unbranched alkanes of at least 4 members (excludes halogenated alkanes) is 16. The third kappa shape index (κ3) is 18.0. The molecular formula is C47H70O10. The summed E-state index contributed by atoms with van der Waals surface area (Å²) in [5.41, 5.74) is 0.968. The van der Waals surface area contributed by atoms with E-state index < -0.39 is 36.1 Å². The van der Waals surface area contributed by atoms with E-state index in [1.54, 1.807) is 24.3 Å². The maximum absolute atomic E-state index is 13.0. The fourth-order valence-electron chi connectivity index (χ4n) is 6.93. The molecular weight excluding hydrogens is 725 g/mol. The lowest BCUT2D eigenvalue weighted by molar-refractivity contribution is -0.137. The van der Waals surface area contributed by atoms with Crippen molar-refractivity contribution in [2.45, 2.75) is 200 Å². The Morgan fingerprint density at radius 3 is 1.42 bits per heavy atom. The summed E-state index contributed by atoms with van der Waals surface area (Å²) in [6.45, 7) is 8.55. The summed E-state index contributed by atoms with van der Waals surface area (Å²) in [5, 5.41) is 11.5. The van der Waals surface area contributed by atoms with Crippen molar-refractivity contribution in [3.8, 4) is 28.7 Å². The van der Waals surface area contributed by atoms with Gasteiger partial charge in [-0.2, -0.15) is 0 Å². The minimum absolute atomic E-state index is 0.0714. The highest BCUT2D eigenvalue weighted by atomic mass is 16.6. The molecule has 10 nitrogen and oxygen atoms in total. The highest BCUT2D eigenvalue weighted by molar-refractivity contribution is 5.77. The molecule has 1 aliphatic heterocycles. The highest BCUT2D eigenvalue weighted by Gasteiger charge is 2.34. The molecule has 0 saturated carbocycles. The highest BCUT2D eigenvalue weighted by Crippen LogP contribution is 2.44. The quantitative estimate of drug-likeness (QED) is 0.0481. The van der Waals surface area contributed by atoms with Crippen LogP contribution < -0.4 is 23.7 Å². The van der Waals surface area contributed by atoms with Gasteiger partial charge in [-0.1, -0.05) is 136 Å². The minimum Gasteiger partial charge on any atom is -0.482 e. The summed E-state index contributed by atoms with van der Waals surface area (Å²) in [5.74, 6) is -0.804. The zero-order valence-electron chi connectivity index (χ0n) is 35.3. The van der Waals surface area contributed by atoms with Gasteiger partial charge in [0.05, 0.1) is 6.10 Å². The van der Waals surface area contributed by atoms with Crippen LogP contribution in [0.15, 0.2) is 30.3 Å². The topological polar surface area (TPSA) is 135 Å². The van der Waals surface area contributed by atoms with Gasteiger partial charge >= 0.3 is 23.9 Å². The molecule has 2 unspecified atom stereocenters. The van der Waals surface area contributed by atoms with Crippen LogP contribution in [0.5, 0.6) is 28.7 Å². The standard InChI is InChI=1S/C47H70O10/c1-5-9-13-17-21-25-43(49)53-36-32-40(55-45(51)27-23-19-15-11-7-3)37-34-38(48)47(57-41(37)33-36)35-29-30-39(54-44(50)26-22-18-14-10-6-2)42(31-35)56-46(52)28-24-20-16-12-8-4/h29-33,38,47-48H,5-28,34H2,1-4H3. The van der Waals surface area contributed by atoms with Crippen molar-refractivity contribution >= 4 is 23.9 Å². The van der Waals surface area contributed by atoms with Crippen molar-refractivity contribution < 1.29 is 48.0 Å². The second kappa shape index (κ2) is 27.7. The lowest BCUT2D eigenvalue weighted by Crippen LogP contribution is -2.31. The minimum atomic E-state index is -1.08. The van der Waals surface area contributed by atoms with Crippen LogP contribution in [0.3, 0.4) is 0 Å². The van der Waals surface area contributed by atoms with Crippen LogP contribution in [0, 0.1) is 0 Å². The van der Waals surface area contributed by atoms with E-state index in [1.807, 2.05) is 0 Å². The summed E-state index contributed by atoms with van der Waals surface area (Å²) in [6, 6.07) is 7.91. The number of ether oxygens (including phenoxy) is 5. The molecule has 2 atom stereocenters. The van der Waals surface area contributed by atoms with Gasteiger partial charge < -0.3 is 28.8 Å². The molecule has 57 heavy (non-hydrogen) atoms. The molecule has 0 fully saturated rings. The Hall–Kier alpha value is -3.92. The predicted molar refractivity (Wildman–Crippen MR) is 222 cm³/mol. The van der Waals surface area contributed by atoms with Crippen molar-refractivity contribution in [2.24, 2.45) is 0 Å². The van der Waals surface area contributed by atoms with Gasteiger partial charge in [-0.3, -0.25) is 19.2 Å². The molecule has 10 heteroatoms. The molecule has 0 amide bonds. The van der Waals surface area contributed by atoms with E-state index >= 15 is 0 Å². The number of fused-ring (bicyclic) bond motifs is 1. The summed E-state index contributed by atoms with van der Waals surface area (Å²) in [7, 11) is 0. The van der Waals surface area contributed by atoms with E-state index in [4.69, 9.17) is 23.7 Å². The third-order valence-corrected chi connectivity index (χ3v) is 10.3. The molecule has 0 spiro atoms. The number of aliphatic hydroxyl groups excluding tert-OH is 1. The SMILES string of the molecule is CCCCCCCC(=O)Oc1cc(OC(=O)CCCCCCC)c2c(c1)OC(c1ccc(OC(=O)CCCCCCC)c(OC(=O)CCCCCCC)c1)C(O)C2. The fraction of sp³-hybridized carbons (Fsp3) is 0.660. The molecule has 1 N–H and O–H groups in total. The molecule has 0 bridgehead atoms. The van der Waals surface area contributed by atoms with Crippen LogP contribution in [0.25, 0.3) is 0 Å². The van der Waals surface area contributed by atoms with Gasteiger partial charge in [-0.05, 0) is 43.4 Å². The molecule has 0 aromatic heterocycles. The van der Waals surface area contributed by atoms with E-state index in [1.165, 1.54) is 6.07 Å². The Balaban J connectivity index is 1.86. The number of esters is 4. The average molecular weight is 795 g/mol. The number of carbonyl (C=O) groups is 4. The van der Waals surface area contributed by atoms with Crippen molar-refractivity contribution in [1.29, 1.82) is 0 Å². The van der Waals surface area contributed by atoms with Crippen LogP contribution in [-0.2, 0) is 25.6 Å². The second-order valence-electron chi connectivity index (χ2n) is 15.5. The first-order chi connectivity index (χ1) is 27.7. The molecule has 1 aliphatic rings. The monoisotopic (exact) mass is 794 g/mol. The van der Waals surface area contributed by atoms with E-state index in [9.17, 15) is 24.3 Å². The molecule has 1 heterocycles. The Morgan fingerprint density at radius 1 is 0.526 bits per heavy atom. The van der Waals surface area contributed by atoms with E-state index in [-0.39, 0.29) is 55.1 Å². The van der Waals surface area contributed by atoms with Crippen LogP contribution in [0.4, 0.5) is 0 Å². The molecule has 3 rings (SSSR count). The van der Waals surface area contributed by atoms with E-state index in [0.717, 1.165) is 103 Å². The molecule has 0 radical (unpaired) electrons. The van der Waals surface area contributed by atoms with Gasteiger partial charge in [0, 0.05) is 49.8 Å². The van der Waals surface area contributed by atoms with Crippen molar-refractivity contribution in [3.63, 3.8) is 0 Å². The van der Waals surface area contributed by atoms with Gasteiger partial charge in [0.25, 0.3) is 0 Å². The number of rotatable bonds is 29. The maximum Gasteiger partial charge on any atom is 0.311 e. The van der Waals surface area contributed by atoms with Gasteiger partial charge in [0.2, 0.25) is 0 Å². The van der Waals surface area contributed by atoms with Crippen LogP contribution in [0.2, 0.25) is 0 Å². The average Bonchev–Trinajstić information content (AvgIpc) is 3.18. The number of carbonyl (C=O) groups excluding carboxylic acids is 4. The van der Waals surface area contributed by atoms with Gasteiger partial charge in [-0.15, -0.1) is 0 Å². The summed E-state index contributed by atoms with van der Waals surface area (Å²) < 4.78 is 29.5. The number of aliphatic hydroxyl groups is 1. The smallest absolute Gasteiger partial charge is 0.311 e. The van der Waals surface area contributed by atoms with Gasteiger partial charge in [-0.25, -0.2) is 0 Å². The Kier molecular flexibility index (Phi) is 23.0.